The van der Waals surface area contributed by atoms with Crippen molar-refractivity contribution in [2.45, 2.75) is 216 Å². The lowest BCUT2D eigenvalue weighted by atomic mass is 9.81. The van der Waals surface area contributed by atoms with Gasteiger partial charge in [-0.3, -0.25) is 13.9 Å². The first kappa shape index (κ1) is 63.3. The van der Waals surface area contributed by atoms with Crippen LogP contribution in [0.5, 0.6) is 0 Å². The van der Waals surface area contributed by atoms with Crippen LogP contribution in [0.3, 0.4) is 0 Å². The normalized spacial score (nSPS) is 16.6. The van der Waals surface area contributed by atoms with Crippen LogP contribution in [0.25, 0.3) is 5.57 Å². The number of nitrogens with one attached hydrogen (secondary N) is 1. The number of pyridine rings is 1. The molecule has 16 heteroatoms. The first-order valence-corrected chi connectivity index (χ1v) is 31.6. The highest BCUT2D eigenvalue weighted by Gasteiger charge is 2.45. The Bertz CT molecular complexity index is 2750. The van der Waals surface area contributed by atoms with Crippen molar-refractivity contribution in [2.24, 2.45) is 5.73 Å². The van der Waals surface area contributed by atoms with Crippen LogP contribution in [-0.4, -0.2) is 90.7 Å². The molecule has 2 atom stereocenters. The number of amides is 1. The number of rotatable bonds is 35. The summed E-state index contributed by atoms with van der Waals surface area (Å²) < 4.78 is 73.3. The first-order chi connectivity index (χ1) is 36.7. The molecule has 2 aromatic carbocycles. The van der Waals surface area contributed by atoms with E-state index in [1.165, 1.54) is 76.3 Å². The van der Waals surface area contributed by atoms with Gasteiger partial charge in [0, 0.05) is 72.4 Å². The number of hydrogen-bond donors (Lipinski definition) is 6. The largest absolute Gasteiger partial charge is 0.394 e. The van der Waals surface area contributed by atoms with Crippen LogP contribution in [0, 0.1) is 0 Å². The third-order valence-corrected chi connectivity index (χ3v) is 17.3. The molecule has 5 rings (SSSR count). The van der Waals surface area contributed by atoms with Crippen LogP contribution >= 0.6 is 0 Å². The van der Waals surface area contributed by atoms with E-state index in [1.807, 2.05) is 12.4 Å². The number of aliphatic hydroxyl groups is 2. The number of benzene rings is 2. The summed E-state index contributed by atoms with van der Waals surface area (Å²) in [5, 5.41) is 23.3. The molecule has 77 heavy (non-hydrogen) atoms. The van der Waals surface area contributed by atoms with Crippen molar-refractivity contribution in [3.05, 3.63) is 108 Å². The van der Waals surface area contributed by atoms with Gasteiger partial charge in [0.15, 0.2) is 18.1 Å². The number of aliphatic hydroxyl groups excluding tert-OH is 2. The minimum Gasteiger partial charge on any atom is -0.394 e. The zero-order valence-electron chi connectivity index (χ0n) is 47.2. The minimum absolute atomic E-state index is 0.105. The predicted octanol–water partition coefficient (Wildman–Crippen LogP) is 11.2. The second kappa shape index (κ2) is 30.2. The maximum Gasteiger partial charge on any atom is 0.294 e. The Morgan fingerprint density at radius 3 is 1.83 bits per heavy atom. The second-order valence-corrected chi connectivity index (χ2v) is 25.2. The van der Waals surface area contributed by atoms with Gasteiger partial charge in [-0.15, -0.1) is 0 Å². The molecule has 3 aromatic rings. The molecule has 3 heterocycles. The van der Waals surface area contributed by atoms with Gasteiger partial charge in [0.2, 0.25) is 11.6 Å². The Morgan fingerprint density at radius 2 is 1.27 bits per heavy atom. The highest BCUT2D eigenvalue weighted by Crippen LogP contribution is 2.49. The number of allylic oxidation sites excluding steroid dienone is 6. The summed E-state index contributed by atoms with van der Waals surface area (Å²) in [6.07, 6.45) is 33.6. The van der Waals surface area contributed by atoms with Crippen LogP contribution in [0.2, 0.25) is 0 Å². The average molecular weight is 1100 g/mol. The van der Waals surface area contributed by atoms with Crippen LogP contribution in [0.4, 0.5) is 11.4 Å². The number of fused-ring (bicyclic) bond motifs is 2. The summed E-state index contributed by atoms with van der Waals surface area (Å²) in [5.41, 5.74) is 11.5. The number of nitrogens with zero attached hydrogens (tertiary/aromatic N) is 3. The van der Waals surface area contributed by atoms with Crippen molar-refractivity contribution in [1.82, 2.24) is 5.32 Å². The molecule has 0 spiro atoms. The molecule has 1 aromatic heterocycles. The summed E-state index contributed by atoms with van der Waals surface area (Å²) in [6, 6.07) is 13.2. The van der Waals surface area contributed by atoms with Gasteiger partial charge in [0.1, 0.15) is 13.1 Å². The van der Waals surface area contributed by atoms with Gasteiger partial charge in [-0.2, -0.15) is 21.4 Å². The standard InChI is InChI=1S/C61H91N5O9S2/c1-7-39-65-54-32-30-49(76(70,71)72)44-51(54)60(3,4)57(65)34-28-47(29-35-58-61(5,6)52-45-50(77(73,74)75)31-33-55(52)66(58)40-8-2)48-36-42-64(43-37-48)41-25-21-23-27-59(69)63-53(56(68)46-67)26-22-19-17-15-13-11-9-10-12-14-16-18-20-24-38-62/h28-37,42-45,53,56,67-68H,7-27,38-41,46,62H2,1-6H3,(H-2,63,69,70,71,72,73,74,75)/p+2. The fourth-order valence-corrected chi connectivity index (χ4v) is 12.1. The van der Waals surface area contributed by atoms with Gasteiger partial charge in [-0.25, -0.2) is 4.57 Å². The fraction of sp³-hybridized carbons (Fsp3) is 0.590. The lowest BCUT2D eigenvalue weighted by Gasteiger charge is -2.26. The second-order valence-electron chi connectivity index (χ2n) is 22.3. The Kier molecular flexibility index (Phi) is 24.8. The Labute approximate surface area is 462 Å². The van der Waals surface area contributed by atoms with Crippen molar-refractivity contribution in [3.8, 4) is 0 Å². The van der Waals surface area contributed by atoms with Crippen molar-refractivity contribution < 1.29 is 50.1 Å². The lowest BCUT2D eigenvalue weighted by Crippen LogP contribution is -2.44. The maximum absolute atomic E-state index is 13.0. The summed E-state index contributed by atoms with van der Waals surface area (Å²) in [7, 11) is -8.85. The SMILES string of the molecule is CCCN1/C(=C/C=C(/C=C/C2=[N+](CCC)c3ccc(S(=O)(=O)O)cc3C2(C)C)c2cc[n+](CCCCCC(=O)NC(CCCCCCCCCCCCCCCCN)C(O)CO)cc2)C(C)(C)c2cc(S(=O)(=O)O)ccc21. The number of aryl methyl sites for hydroxylation is 1. The number of nitrogens with two attached hydrogens (primary N) is 1. The van der Waals surface area contributed by atoms with Crippen LogP contribution in [0.1, 0.15) is 193 Å². The first-order valence-electron chi connectivity index (χ1n) is 28.7. The molecule has 14 nitrogen and oxygen atoms in total. The molecule has 0 saturated heterocycles. The quantitative estimate of drug-likeness (QED) is 0.0141. The molecule has 2 aliphatic rings. The van der Waals surface area contributed by atoms with E-state index in [-0.39, 0.29) is 22.3 Å². The summed E-state index contributed by atoms with van der Waals surface area (Å²) >= 11 is 0. The number of hydrogen-bond acceptors (Lipinski definition) is 9. The Morgan fingerprint density at radius 1 is 0.714 bits per heavy atom. The molecule has 426 valence electrons. The molecule has 2 aliphatic heterocycles. The summed E-state index contributed by atoms with van der Waals surface area (Å²) in [6.45, 7) is 14.9. The van der Waals surface area contributed by atoms with Gasteiger partial charge in [-0.1, -0.05) is 117 Å². The molecule has 1 amide bonds. The highest BCUT2D eigenvalue weighted by atomic mass is 32.2. The third kappa shape index (κ3) is 18.0. The molecule has 7 N–H and O–H groups in total. The smallest absolute Gasteiger partial charge is 0.294 e. The topological polar surface area (TPSA) is 214 Å². The van der Waals surface area contributed by atoms with Gasteiger partial charge in [0.05, 0.1) is 34.0 Å². The number of anilines is 1. The third-order valence-electron chi connectivity index (χ3n) is 15.6. The zero-order chi connectivity index (χ0) is 56.2. The minimum atomic E-state index is -4.42. The number of aromatic nitrogens is 1. The molecule has 0 saturated carbocycles. The molecule has 2 unspecified atom stereocenters. The molecular formula is C61H93N5O9S2+2. The van der Waals surface area contributed by atoms with Gasteiger partial charge < -0.3 is 26.2 Å². The molecule has 0 aliphatic carbocycles. The number of unbranched alkanes of at least 4 members (excludes halogenated alkanes) is 15. The van der Waals surface area contributed by atoms with E-state index in [1.54, 1.807) is 24.3 Å². The van der Waals surface area contributed by atoms with Crippen molar-refractivity contribution >= 4 is 48.8 Å². The molecule has 0 bridgehead atoms. The average Bonchev–Trinajstić information content (AvgIpc) is 3.85. The van der Waals surface area contributed by atoms with Gasteiger partial charge in [0.25, 0.3) is 20.2 Å². The molecular weight excluding hydrogens is 1010 g/mol. The Balaban J connectivity index is 1.23. The Hall–Kier alpha value is -4.55. The van der Waals surface area contributed by atoms with Crippen molar-refractivity contribution in [2.75, 3.05) is 31.1 Å². The molecule has 0 radical (unpaired) electrons. The van der Waals surface area contributed by atoms with Gasteiger partial charge >= 0.3 is 0 Å². The van der Waals surface area contributed by atoms with E-state index in [2.05, 4.69) is 97.3 Å². The number of carbonyl (C=O) groups is 1. The lowest BCUT2D eigenvalue weighted by molar-refractivity contribution is -0.697. The van der Waals surface area contributed by atoms with Crippen molar-refractivity contribution in [1.29, 1.82) is 0 Å². The van der Waals surface area contributed by atoms with E-state index < -0.39 is 43.2 Å². The monoisotopic (exact) mass is 1100 g/mol. The maximum atomic E-state index is 13.0. The van der Waals surface area contributed by atoms with Crippen molar-refractivity contribution in [3.63, 3.8) is 0 Å². The van der Waals surface area contributed by atoms with Crippen LogP contribution in [-0.2, 0) is 42.4 Å². The summed E-state index contributed by atoms with van der Waals surface area (Å²) in [5.74, 6) is -0.105. The number of carbonyl (C=O) groups excluding carboxylic acids is 1. The zero-order valence-corrected chi connectivity index (χ0v) is 48.8. The summed E-state index contributed by atoms with van der Waals surface area (Å²) in [4.78, 5) is 14.9. The van der Waals surface area contributed by atoms with E-state index >= 15 is 0 Å². The van der Waals surface area contributed by atoms with E-state index in [0.29, 0.717) is 32.4 Å². The predicted molar refractivity (Wildman–Crippen MR) is 310 cm³/mol. The molecule has 0 fully saturated rings. The van der Waals surface area contributed by atoms with Crippen LogP contribution in [0.15, 0.2) is 101 Å². The van der Waals surface area contributed by atoms with Gasteiger partial charge in [-0.05, 0) is 112 Å². The highest BCUT2D eigenvalue weighted by molar-refractivity contribution is 7.86. The van der Waals surface area contributed by atoms with E-state index in [4.69, 9.17) is 5.73 Å². The van der Waals surface area contributed by atoms with E-state index in [0.717, 1.165) is 110 Å². The fourth-order valence-electron chi connectivity index (χ4n) is 11.1. The van der Waals surface area contributed by atoms with E-state index in [9.17, 15) is 40.9 Å². The van der Waals surface area contributed by atoms with Crippen LogP contribution < -0.4 is 20.5 Å².